The van der Waals surface area contributed by atoms with Crippen LogP contribution in [0.3, 0.4) is 0 Å². The van der Waals surface area contributed by atoms with Crippen LogP contribution in [0.4, 0.5) is 11.4 Å². The predicted octanol–water partition coefficient (Wildman–Crippen LogP) is 6.97. The van der Waals surface area contributed by atoms with Crippen molar-refractivity contribution in [3.8, 4) is 0 Å². The molecule has 0 aliphatic carbocycles. The maximum absolute atomic E-state index is 5.41. The molecule has 2 aliphatic heterocycles. The van der Waals surface area contributed by atoms with Crippen molar-refractivity contribution in [1.29, 1.82) is 0 Å². The maximum atomic E-state index is 5.41. The van der Waals surface area contributed by atoms with E-state index in [-0.39, 0.29) is 0 Å². The molecule has 0 saturated heterocycles. The third-order valence-corrected chi connectivity index (χ3v) is 4.24. The molecule has 0 fully saturated rings. The summed E-state index contributed by atoms with van der Waals surface area (Å²) in [6, 6.07) is 9.81. The SMILES string of the molecule is CCCCN1C=CN(c2[c-]c(N3C=CN(CCCC)[CH-]3)ccc2)[CH-]1.[Cl][Pt]([I])[I]. The van der Waals surface area contributed by atoms with Crippen molar-refractivity contribution in [3.63, 3.8) is 0 Å². The normalized spacial score (nSPS) is 16.0. The zero-order chi connectivity index (χ0) is 20.4. The summed E-state index contributed by atoms with van der Waals surface area (Å²) in [6.45, 7) is 10.9. The fourth-order valence-electron chi connectivity index (χ4n) is 2.77. The number of unbranched alkanes of at least 4 members (excludes halogenated alkanes) is 2. The first-order valence-electron chi connectivity index (χ1n) is 9.33. The van der Waals surface area contributed by atoms with Crippen LogP contribution >= 0.6 is 48.1 Å². The van der Waals surface area contributed by atoms with E-state index in [0.29, 0.717) is 0 Å². The molecule has 0 bridgehead atoms. The van der Waals surface area contributed by atoms with Crippen molar-refractivity contribution in [2.45, 2.75) is 39.5 Å². The Morgan fingerprint density at radius 3 is 1.71 bits per heavy atom. The van der Waals surface area contributed by atoms with Crippen molar-refractivity contribution < 1.29 is 8.91 Å². The van der Waals surface area contributed by atoms with Gasteiger partial charge in [-0.2, -0.15) is 19.4 Å². The summed E-state index contributed by atoms with van der Waals surface area (Å²) in [5, 5.41) is 0. The molecular weight excluding hydrogens is 781 g/mol. The van der Waals surface area contributed by atoms with Crippen LogP contribution in [-0.2, 0) is 8.91 Å². The third-order valence-electron chi connectivity index (χ3n) is 4.24. The average Bonchev–Trinajstić information content (AvgIpc) is 3.34. The van der Waals surface area contributed by atoms with Crippen LogP contribution in [0, 0.1) is 19.4 Å². The van der Waals surface area contributed by atoms with Gasteiger partial charge in [-0.15, -0.1) is 29.6 Å². The number of hydrogen-bond acceptors (Lipinski definition) is 4. The van der Waals surface area contributed by atoms with Gasteiger partial charge in [0.1, 0.15) is 0 Å². The van der Waals surface area contributed by atoms with Crippen LogP contribution in [-0.4, -0.2) is 22.9 Å². The van der Waals surface area contributed by atoms with Crippen LogP contribution in [0.5, 0.6) is 0 Å². The van der Waals surface area contributed by atoms with Gasteiger partial charge in [-0.1, -0.05) is 26.7 Å². The first-order valence-corrected chi connectivity index (χ1v) is 25.0. The number of nitrogens with zero attached hydrogens (tertiary/aromatic N) is 4. The van der Waals surface area contributed by atoms with Crippen molar-refractivity contribution in [2.75, 3.05) is 22.9 Å². The summed E-state index contributed by atoms with van der Waals surface area (Å²) < 4.78 is 0. The van der Waals surface area contributed by atoms with Crippen molar-refractivity contribution in [3.05, 3.63) is 62.4 Å². The Morgan fingerprint density at radius 1 is 0.893 bits per heavy atom. The molecule has 0 unspecified atom stereocenters. The van der Waals surface area contributed by atoms with Gasteiger partial charge < -0.3 is 19.6 Å². The predicted molar refractivity (Wildman–Crippen MR) is 134 cm³/mol. The molecule has 161 valence electrons. The number of hydrogen-bond donors (Lipinski definition) is 0. The zero-order valence-corrected chi connectivity index (χ0v) is 23.5. The van der Waals surface area contributed by atoms with E-state index in [2.05, 4.69) is 135 Å². The summed E-state index contributed by atoms with van der Waals surface area (Å²) in [7, 11) is 4.55. The summed E-state index contributed by atoms with van der Waals surface area (Å²) in [5.74, 6) is 0. The number of halogens is 3. The second kappa shape index (κ2) is 13.6. The summed E-state index contributed by atoms with van der Waals surface area (Å²) in [6.07, 6.45) is 13.3. The fraction of sp³-hybridized carbons (Fsp3) is 0.400. The molecule has 1 aromatic carbocycles. The van der Waals surface area contributed by atoms with Crippen LogP contribution < -0.4 is 9.80 Å². The average molecular weight is 808 g/mol. The summed E-state index contributed by atoms with van der Waals surface area (Å²) in [4.78, 5) is 8.73. The minimum atomic E-state index is -0.856. The van der Waals surface area contributed by atoms with E-state index in [1.807, 2.05) is 0 Å². The van der Waals surface area contributed by atoms with E-state index in [0.717, 1.165) is 24.5 Å². The van der Waals surface area contributed by atoms with Crippen molar-refractivity contribution >= 4 is 59.5 Å². The van der Waals surface area contributed by atoms with Crippen molar-refractivity contribution in [1.82, 2.24) is 9.80 Å². The van der Waals surface area contributed by atoms with E-state index in [1.54, 1.807) is 0 Å². The van der Waals surface area contributed by atoms with Gasteiger partial charge in [0.25, 0.3) is 0 Å². The van der Waals surface area contributed by atoms with E-state index in [4.69, 9.17) is 9.42 Å². The summed E-state index contributed by atoms with van der Waals surface area (Å²) in [5.41, 5.74) is 2.13. The van der Waals surface area contributed by atoms with E-state index >= 15 is 0 Å². The Labute approximate surface area is 201 Å². The first-order chi connectivity index (χ1) is 13.5. The molecule has 0 aromatic heterocycles. The topological polar surface area (TPSA) is 13.0 Å². The Kier molecular flexibility index (Phi) is 12.0. The van der Waals surface area contributed by atoms with Gasteiger partial charge in [0.2, 0.25) is 0 Å². The second-order valence-corrected chi connectivity index (χ2v) is 37.8. The van der Waals surface area contributed by atoms with Gasteiger partial charge in [-0.3, -0.25) is 0 Å². The molecule has 8 heteroatoms. The fourth-order valence-corrected chi connectivity index (χ4v) is 2.77. The molecule has 2 aliphatic rings. The molecule has 2 heterocycles. The summed E-state index contributed by atoms with van der Waals surface area (Å²) >= 11 is 4.51. The number of rotatable bonds is 8. The van der Waals surface area contributed by atoms with E-state index in [1.165, 1.54) is 25.7 Å². The van der Waals surface area contributed by atoms with Gasteiger partial charge in [-0.05, 0) is 50.7 Å². The monoisotopic (exact) mass is 807 g/mol. The number of anilines is 2. The quantitative estimate of drug-likeness (QED) is 0.208. The van der Waals surface area contributed by atoms with Crippen LogP contribution in [0.2, 0.25) is 0 Å². The molecule has 28 heavy (non-hydrogen) atoms. The molecule has 0 amide bonds. The third kappa shape index (κ3) is 8.60. The first kappa shape index (κ1) is 24.6. The molecule has 4 nitrogen and oxygen atoms in total. The minimum absolute atomic E-state index is 0.856. The molecular formula is C20H27ClI2N4Pt-3. The zero-order valence-electron chi connectivity index (χ0n) is 16.2. The standard InChI is InChI=1S/C20H27N4.ClH.2HI.Pt/c1-3-5-10-21-12-14-23(17-21)19-8-7-9-20(16-19)24-15-13-22(18-24)11-6-4-2;;;;/h7-9,12-15,17-18H,3-6,10-11H2,1-2H3;3*1H;/q-3;;;;+3/p-3. The van der Waals surface area contributed by atoms with Crippen LogP contribution in [0.25, 0.3) is 0 Å². The van der Waals surface area contributed by atoms with Gasteiger partial charge in [0.05, 0.1) is 0 Å². The molecule has 1 aromatic rings. The molecule has 3 rings (SSSR count). The van der Waals surface area contributed by atoms with Crippen LogP contribution in [0.15, 0.2) is 43.0 Å². The molecule has 0 spiro atoms. The van der Waals surface area contributed by atoms with Gasteiger partial charge in [-0.25, -0.2) is 0 Å². The second-order valence-electron chi connectivity index (χ2n) is 6.38. The van der Waals surface area contributed by atoms with Crippen molar-refractivity contribution in [2.24, 2.45) is 0 Å². The van der Waals surface area contributed by atoms with Crippen LogP contribution in [0.1, 0.15) is 39.5 Å². The Morgan fingerprint density at radius 2 is 1.32 bits per heavy atom. The van der Waals surface area contributed by atoms with Gasteiger partial charge in [0, 0.05) is 0 Å². The Balaban J connectivity index is 0.000000640. The molecule has 0 atom stereocenters. The van der Waals surface area contributed by atoms with E-state index in [9.17, 15) is 0 Å². The van der Waals surface area contributed by atoms with Gasteiger partial charge >= 0.3 is 57.0 Å². The Hall–Kier alpha value is 0.338. The van der Waals surface area contributed by atoms with E-state index < -0.39 is 8.91 Å². The van der Waals surface area contributed by atoms with Gasteiger partial charge in [0.15, 0.2) is 0 Å². The Bertz CT molecular complexity index is 594. The molecule has 0 N–H and O–H groups in total. The number of benzene rings is 1. The molecule has 0 saturated carbocycles. The molecule has 0 radical (unpaired) electrons.